The monoisotopic (exact) mass is 475 g/mol. The highest BCUT2D eigenvalue weighted by Gasteiger charge is 2.23. The summed E-state index contributed by atoms with van der Waals surface area (Å²) < 4.78 is 28.8. The smallest absolute Gasteiger partial charge is 0.262 e. The summed E-state index contributed by atoms with van der Waals surface area (Å²) in [6.07, 6.45) is 0. The van der Waals surface area contributed by atoms with Crippen molar-refractivity contribution in [1.82, 2.24) is 0 Å². The zero-order valence-electron chi connectivity index (χ0n) is 18.5. The number of hydrogen-bond donors (Lipinski definition) is 1. The number of nitrogens with one attached hydrogen (secondary N) is 1. The van der Waals surface area contributed by atoms with E-state index in [2.05, 4.69) is 37.6 Å². The summed E-state index contributed by atoms with van der Waals surface area (Å²) in [7, 11) is -3.89. The predicted molar refractivity (Wildman–Crippen MR) is 130 cm³/mol. The van der Waals surface area contributed by atoms with E-state index >= 15 is 0 Å². The number of hydrogen-bond acceptors (Lipinski definition) is 4. The highest BCUT2D eigenvalue weighted by molar-refractivity contribution is 7.92. The van der Waals surface area contributed by atoms with Gasteiger partial charge in [0.25, 0.3) is 10.0 Å². The third-order valence-electron chi connectivity index (χ3n) is 5.08. The highest BCUT2D eigenvalue weighted by atomic mass is 35.5. The highest BCUT2D eigenvalue weighted by Crippen LogP contribution is 2.37. The van der Waals surface area contributed by atoms with Crippen LogP contribution in [0.1, 0.15) is 54.1 Å². The summed E-state index contributed by atoms with van der Waals surface area (Å²) in [4.78, 5) is 13.6. The summed E-state index contributed by atoms with van der Waals surface area (Å²) in [6.45, 7) is 11.3. The topological polar surface area (TPSA) is 63.2 Å². The second-order valence-corrected chi connectivity index (χ2v) is 11.8. The molecule has 0 fully saturated rings. The molecule has 1 aromatic heterocycles. The van der Waals surface area contributed by atoms with Crippen molar-refractivity contribution in [1.29, 1.82) is 0 Å². The maximum atomic E-state index is 13.1. The average Bonchev–Trinajstić information content (AvgIpc) is 3.07. The van der Waals surface area contributed by atoms with Crippen molar-refractivity contribution < 1.29 is 13.2 Å². The molecule has 0 unspecified atom stereocenters. The normalized spacial score (nSPS) is 12.1. The van der Waals surface area contributed by atoms with E-state index in [-0.39, 0.29) is 16.1 Å². The largest absolute Gasteiger partial charge is 0.294 e. The number of benzene rings is 2. The molecule has 0 aliphatic rings. The number of sulfonamides is 1. The molecule has 0 bridgehead atoms. The molecule has 0 aliphatic heterocycles. The molecule has 3 aromatic rings. The number of rotatable bonds is 5. The van der Waals surface area contributed by atoms with Crippen LogP contribution >= 0.6 is 22.9 Å². The molecule has 0 amide bonds. The fourth-order valence-electron chi connectivity index (χ4n) is 3.25. The first kappa shape index (κ1) is 23.5. The molecule has 0 saturated heterocycles. The Bertz CT molecular complexity index is 1250. The van der Waals surface area contributed by atoms with Crippen molar-refractivity contribution in [2.75, 3.05) is 4.72 Å². The number of thiophene rings is 1. The summed E-state index contributed by atoms with van der Waals surface area (Å²) in [5.74, 6) is -0.190. The lowest BCUT2D eigenvalue weighted by molar-refractivity contribution is 0.102. The van der Waals surface area contributed by atoms with E-state index in [1.807, 2.05) is 12.1 Å². The molecule has 7 heteroatoms. The van der Waals surface area contributed by atoms with Crippen LogP contribution in [-0.2, 0) is 15.4 Å². The Kier molecular flexibility index (Phi) is 6.38. The Labute approximate surface area is 193 Å². The Morgan fingerprint density at radius 1 is 1.00 bits per heavy atom. The third-order valence-corrected chi connectivity index (χ3v) is 8.28. The van der Waals surface area contributed by atoms with Crippen LogP contribution in [0.4, 0.5) is 5.69 Å². The summed E-state index contributed by atoms with van der Waals surface area (Å²) >= 11 is 7.40. The quantitative estimate of drug-likeness (QED) is 0.404. The Balaban J connectivity index is 2.02. The molecular formula is C24H26ClNO3S2. The van der Waals surface area contributed by atoms with E-state index in [9.17, 15) is 13.2 Å². The average molecular weight is 476 g/mol. The first-order valence-corrected chi connectivity index (χ1v) is 12.5. The molecule has 0 aliphatic carbocycles. The molecule has 164 valence electrons. The molecule has 0 spiro atoms. The minimum absolute atomic E-state index is 0.0356. The first-order chi connectivity index (χ1) is 14.3. The summed E-state index contributed by atoms with van der Waals surface area (Å²) in [6, 6.07) is 13.0. The number of carbonyl (C=O) groups is 1. The molecule has 3 rings (SSSR count). The number of halogens is 1. The predicted octanol–water partition coefficient (Wildman–Crippen LogP) is 6.99. The summed E-state index contributed by atoms with van der Waals surface area (Å²) in [5, 5.41) is 0.511. The maximum absolute atomic E-state index is 13.1. The Morgan fingerprint density at radius 2 is 1.61 bits per heavy atom. The zero-order chi connectivity index (χ0) is 23.1. The number of carbonyl (C=O) groups excluding carboxylic acids is 1. The molecule has 0 atom stereocenters. The van der Waals surface area contributed by atoms with E-state index in [0.717, 1.165) is 10.4 Å². The molecule has 0 saturated carbocycles. The molecule has 4 nitrogen and oxygen atoms in total. The van der Waals surface area contributed by atoms with Gasteiger partial charge in [-0.1, -0.05) is 56.6 Å². The standard InChI is InChI=1S/C24H26ClNO3S2/c1-14-12-22(15(2)11-19(14)25)31(28,29)26-20-13-21(30-23(20)16(3)27)17-7-9-18(10-8-17)24(4,5)6/h7-13,26H,1-6H3. The van der Waals surface area contributed by atoms with Crippen LogP contribution in [0.15, 0.2) is 47.4 Å². The Hall–Kier alpha value is -2.15. The van der Waals surface area contributed by atoms with Crippen molar-refractivity contribution in [3.8, 4) is 10.4 Å². The fraction of sp³-hybridized carbons (Fsp3) is 0.292. The van der Waals surface area contributed by atoms with Crippen molar-refractivity contribution in [2.45, 2.75) is 51.9 Å². The van der Waals surface area contributed by atoms with E-state index in [0.29, 0.717) is 26.7 Å². The van der Waals surface area contributed by atoms with Crippen LogP contribution in [0, 0.1) is 13.8 Å². The molecule has 2 aromatic carbocycles. The minimum atomic E-state index is -3.89. The van der Waals surface area contributed by atoms with Gasteiger partial charge >= 0.3 is 0 Å². The minimum Gasteiger partial charge on any atom is -0.294 e. The van der Waals surface area contributed by atoms with Gasteiger partial charge in [-0.2, -0.15) is 0 Å². The van der Waals surface area contributed by atoms with Gasteiger partial charge in [-0.3, -0.25) is 9.52 Å². The SMILES string of the molecule is CC(=O)c1sc(-c2ccc(C(C)(C)C)cc2)cc1NS(=O)(=O)c1cc(C)c(Cl)cc1C. The van der Waals surface area contributed by atoms with E-state index in [1.54, 1.807) is 32.0 Å². The van der Waals surface area contributed by atoms with Crippen molar-refractivity contribution in [2.24, 2.45) is 0 Å². The van der Waals surface area contributed by atoms with Gasteiger partial charge in [0, 0.05) is 16.8 Å². The van der Waals surface area contributed by atoms with Crippen LogP contribution in [0.2, 0.25) is 5.02 Å². The second kappa shape index (κ2) is 8.41. The number of anilines is 1. The van der Waals surface area contributed by atoms with Crippen LogP contribution in [-0.4, -0.2) is 14.2 Å². The Morgan fingerprint density at radius 3 is 2.16 bits per heavy atom. The van der Waals surface area contributed by atoms with Gasteiger partial charge in [0.05, 0.1) is 15.5 Å². The van der Waals surface area contributed by atoms with Gasteiger partial charge in [0.2, 0.25) is 0 Å². The third kappa shape index (κ3) is 5.03. The van der Waals surface area contributed by atoms with E-state index in [4.69, 9.17) is 11.6 Å². The van der Waals surface area contributed by atoms with Crippen LogP contribution in [0.25, 0.3) is 10.4 Å². The van der Waals surface area contributed by atoms with Crippen LogP contribution in [0.5, 0.6) is 0 Å². The number of aryl methyl sites for hydroxylation is 2. The van der Waals surface area contributed by atoms with E-state index < -0.39 is 10.0 Å². The molecule has 0 radical (unpaired) electrons. The maximum Gasteiger partial charge on any atom is 0.262 e. The van der Waals surface area contributed by atoms with Crippen LogP contribution < -0.4 is 4.72 Å². The van der Waals surface area contributed by atoms with Crippen molar-refractivity contribution in [3.05, 3.63) is 69.1 Å². The lowest BCUT2D eigenvalue weighted by Crippen LogP contribution is -2.15. The summed E-state index contributed by atoms with van der Waals surface area (Å²) in [5.41, 5.74) is 3.68. The molecule has 1 heterocycles. The first-order valence-electron chi connectivity index (χ1n) is 9.85. The van der Waals surface area contributed by atoms with Gasteiger partial charge in [-0.05, 0) is 59.7 Å². The van der Waals surface area contributed by atoms with Gasteiger partial charge in [0.15, 0.2) is 5.78 Å². The number of Topliss-reactive ketones (excluding diaryl/α,β-unsaturated/α-hetero) is 1. The van der Waals surface area contributed by atoms with Gasteiger partial charge < -0.3 is 0 Å². The van der Waals surface area contributed by atoms with Crippen LogP contribution in [0.3, 0.4) is 0 Å². The molecule has 31 heavy (non-hydrogen) atoms. The van der Waals surface area contributed by atoms with E-state index in [1.165, 1.54) is 23.8 Å². The van der Waals surface area contributed by atoms with Gasteiger partial charge in [-0.25, -0.2) is 8.42 Å². The fourth-order valence-corrected chi connectivity index (χ4v) is 5.92. The van der Waals surface area contributed by atoms with Gasteiger partial charge in [-0.15, -0.1) is 11.3 Å². The zero-order valence-corrected chi connectivity index (χ0v) is 20.8. The van der Waals surface area contributed by atoms with Crippen molar-refractivity contribution in [3.63, 3.8) is 0 Å². The second-order valence-electron chi connectivity index (χ2n) is 8.71. The van der Waals surface area contributed by atoms with Gasteiger partial charge in [0.1, 0.15) is 0 Å². The lowest BCUT2D eigenvalue weighted by atomic mass is 9.86. The number of ketones is 1. The lowest BCUT2D eigenvalue weighted by Gasteiger charge is -2.18. The van der Waals surface area contributed by atoms with Crippen molar-refractivity contribution >= 4 is 44.4 Å². The molecular weight excluding hydrogens is 450 g/mol. The molecule has 1 N–H and O–H groups in total.